The Kier molecular flexibility index (Phi) is 4.38. The van der Waals surface area contributed by atoms with Crippen molar-refractivity contribution in [2.45, 2.75) is 6.42 Å². The van der Waals surface area contributed by atoms with E-state index in [2.05, 4.69) is 10.6 Å². The van der Waals surface area contributed by atoms with E-state index < -0.39 is 23.6 Å². The average Bonchev–Trinajstić information content (AvgIpc) is 2.21. The van der Waals surface area contributed by atoms with Gasteiger partial charge in [-0.1, -0.05) is 0 Å². The van der Waals surface area contributed by atoms with Gasteiger partial charge in [0.25, 0.3) is 0 Å². The van der Waals surface area contributed by atoms with Gasteiger partial charge in [0.1, 0.15) is 11.6 Å². The van der Waals surface area contributed by atoms with E-state index in [1.54, 1.807) is 0 Å². The van der Waals surface area contributed by atoms with Crippen LogP contribution >= 0.6 is 0 Å². The monoisotopic (exact) mass is 244 g/mol. The van der Waals surface area contributed by atoms with Crippen molar-refractivity contribution in [2.24, 2.45) is 0 Å². The van der Waals surface area contributed by atoms with Crippen LogP contribution in [-0.2, 0) is 4.79 Å². The molecule has 0 aliphatic heterocycles. The van der Waals surface area contributed by atoms with Gasteiger partial charge in [-0.2, -0.15) is 0 Å². The Morgan fingerprint density at radius 1 is 1.29 bits per heavy atom. The van der Waals surface area contributed by atoms with Crippen molar-refractivity contribution in [1.29, 1.82) is 0 Å². The maximum absolute atomic E-state index is 13.1. The van der Waals surface area contributed by atoms with Crippen molar-refractivity contribution in [1.82, 2.24) is 5.32 Å². The first-order valence-electron chi connectivity index (χ1n) is 4.70. The van der Waals surface area contributed by atoms with E-state index in [4.69, 9.17) is 5.11 Å². The third-order valence-corrected chi connectivity index (χ3v) is 1.80. The van der Waals surface area contributed by atoms with E-state index in [1.807, 2.05) is 0 Å². The van der Waals surface area contributed by atoms with Crippen LogP contribution in [0.25, 0.3) is 0 Å². The zero-order valence-electron chi connectivity index (χ0n) is 8.67. The quantitative estimate of drug-likeness (QED) is 0.752. The number of carboxylic acid groups (broad SMARTS) is 1. The lowest BCUT2D eigenvalue weighted by molar-refractivity contribution is -0.136. The van der Waals surface area contributed by atoms with Crippen molar-refractivity contribution in [3.05, 3.63) is 29.8 Å². The summed E-state index contributed by atoms with van der Waals surface area (Å²) in [6.45, 7) is -0.0794. The van der Waals surface area contributed by atoms with Crippen molar-refractivity contribution in [3.8, 4) is 0 Å². The minimum atomic E-state index is -1.06. The molecule has 0 radical (unpaired) electrons. The van der Waals surface area contributed by atoms with Crippen LogP contribution in [0.2, 0.25) is 0 Å². The van der Waals surface area contributed by atoms with Crippen LogP contribution in [-0.4, -0.2) is 23.7 Å². The number of anilines is 1. The molecule has 0 aromatic heterocycles. The van der Waals surface area contributed by atoms with Gasteiger partial charge in [0.05, 0.1) is 12.1 Å². The van der Waals surface area contributed by atoms with Gasteiger partial charge in [0.15, 0.2) is 0 Å². The molecule has 0 heterocycles. The molecule has 17 heavy (non-hydrogen) atoms. The molecule has 92 valence electrons. The zero-order chi connectivity index (χ0) is 12.8. The number of carbonyl (C=O) groups excluding carboxylic acids is 1. The molecule has 0 saturated heterocycles. The first-order chi connectivity index (χ1) is 7.99. The molecule has 1 rings (SSSR count). The van der Waals surface area contributed by atoms with Crippen LogP contribution in [0.15, 0.2) is 18.2 Å². The van der Waals surface area contributed by atoms with Crippen LogP contribution in [0, 0.1) is 11.6 Å². The summed E-state index contributed by atoms with van der Waals surface area (Å²) in [5.41, 5.74) is -0.181. The molecule has 7 heteroatoms. The van der Waals surface area contributed by atoms with E-state index in [9.17, 15) is 18.4 Å². The highest BCUT2D eigenvalue weighted by molar-refractivity contribution is 5.89. The number of amides is 2. The fourth-order valence-electron chi connectivity index (χ4n) is 1.04. The molecule has 0 aliphatic carbocycles. The number of carboxylic acids is 1. The summed E-state index contributed by atoms with van der Waals surface area (Å²) in [6, 6.07) is 1.95. The molecule has 0 fully saturated rings. The van der Waals surface area contributed by atoms with E-state index in [-0.39, 0.29) is 18.7 Å². The number of hydrogen-bond donors (Lipinski definition) is 3. The van der Waals surface area contributed by atoms with Crippen LogP contribution < -0.4 is 10.6 Å². The lowest BCUT2D eigenvalue weighted by atomic mass is 10.3. The van der Waals surface area contributed by atoms with Gasteiger partial charge in [-0.25, -0.2) is 13.6 Å². The largest absolute Gasteiger partial charge is 0.481 e. The summed E-state index contributed by atoms with van der Waals surface area (Å²) in [6.07, 6.45) is -0.237. The zero-order valence-corrected chi connectivity index (χ0v) is 8.67. The third-order valence-electron chi connectivity index (χ3n) is 1.80. The lowest BCUT2D eigenvalue weighted by Gasteiger charge is -2.07. The van der Waals surface area contributed by atoms with Crippen molar-refractivity contribution < 1.29 is 23.5 Å². The minimum Gasteiger partial charge on any atom is -0.481 e. The smallest absolute Gasteiger partial charge is 0.319 e. The predicted octanol–water partition coefficient (Wildman–Crippen LogP) is 1.56. The average molecular weight is 244 g/mol. The molecular formula is C10H10F2N2O3. The molecule has 0 unspecified atom stereocenters. The van der Waals surface area contributed by atoms with E-state index >= 15 is 0 Å². The normalized spacial score (nSPS) is 9.76. The van der Waals surface area contributed by atoms with Crippen LogP contribution in [0.1, 0.15) is 6.42 Å². The Morgan fingerprint density at radius 3 is 2.59 bits per heavy atom. The summed E-state index contributed by atoms with van der Waals surface area (Å²) >= 11 is 0. The molecular weight excluding hydrogens is 234 g/mol. The Morgan fingerprint density at radius 2 is 2.00 bits per heavy atom. The summed E-state index contributed by atoms with van der Waals surface area (Å²) in [5.74, 6) is -2.71. The second kappa shape index (κ2) is 5.78. The maximum atomic E-state index is 13.1. The molecule has 1 aromatic rings. The van der Waals surface area contributed by atoms with Crippen molar-refractivity contribution >= 4 is 17.7 Å². The predicted molar refractivity (Wildman–Crippen MR) is 55.6 cm³/mol. The maximum Gasteiger partial charge on any atom is 0.319 e. The van der Waals surface area contributed by atoms with Gasteiger partial charge < -0.3 is 15.7 Å². The Labute approximate surface area is 95.4 Å². The summed E-state index contributed by atoms with van der Waals surface area (Å²) < 4.78 is 25.6. The first-order valence-corrected chi connectivity index (χ1v) is 4.70. The highest BCUT2D eigenvalue weighted by Gasteiger charge is 2.07. The number of benzene rings is 1. The highest BCUT2D eigenvalue weighted by atomic mass is 19.1. The standard InChI is InChI=1S/C10H10F2N2O3/c11-6-1-2-8(7(12)5-6)14-10(17)13-4-3-9(15)16/h1-2,5H,3-4H2,(H,15,16)(H2,13,14,17). The number of aliphatic carboxylic acids is 1. The molecule has 0 saturated carbocycles. The van der Waals surface area contributed by atoms with Gasteiger partial charge in [0.2, 0.25) is 0 Å². The SMILES string of the molecule is O=C(O)CCNC(=O)Nc1ccc(F)cc1F. The first kappa shape index (κ1) is 12.9. The van der Waals surface area contributed by atoms with E-state index in [0.717, 1.165) is 12.1 Å². The molecule has 2 amide bonds. The highest BCUT2D eigenvalue weighted by Crippen LogP contribution is 2.14. The molecule has 0 bridgehead atoms. The van der Waals surface area contributed by atoms with Crippen LogP contribution in [0.3, 0.4) is 0 Å². The topological polar surface area (TPSA) is 78.4 Å². The number of carbonyl (C=O) groups is 2. The fourth-order valence-corrected chi connectivity index (χ4v) is 1.04. The summed E-state index contributed by atoms with van der Waals surface area (Å²) in [5, 5.41) is 12.7. The molecule has 0 aliphatic rings. The van der Waals surface area contributed by atoms with Gasteiger partial charge in [-0.05, 0) is 12.1 Å². The number of hydrogen-bond acceptors (Lipinski definition) is 2. The molecule has 0 atom stereocenters. The number of halogens is 2. The summed E-state index contributed by atoms with van der Waals surface area (Å²) in [7, 11) is 0. The fraction of sp³-hybridized carbons (Fsp3) is 0.200. The summed E-state index contributed by atoms with van der Waals surface area (Å²) in [4.78, 5) is 21.3. The van der Waals surface area contributed by atoms with Crippen molar-refractivity contribution in [3.63, 3.8) is 0 Å². The second-order valence-corrected chi connectivity index (χ2v) is 3.15. The molecule has 5 nitrogen and oxygen atoms in total. The van der Waals surface area contributed by atoms with Gasteiger partial charge in [-0.3, -0.25) is 4.79 Å². The molecule has 0 spiro atoms. The number of urea groups is 1. The van der Waals surface area contributed by atoms with E-state index in [0.29, 0.717) is 6.07 Å². The van der Waals surface area contributed by atoms with Crippen LogP contribution in [0.5, 0.6) is 0 Å². The van der Waals surface area contributed by atoms with Gasteiger partial charge in [0, 0.05) is 12.6 Å². The molecule has 3 N–H and O–H groups in total. The number of rotatable bonds is 4. The Hall–Kier alpha value is -2.18. The van der Waals surface area contributed by atoms with Crippen LogP contribution in [0.4, 0.5) is 19.3 Å². The lowest BCUT2D eigenvalue weighted by Crippen LogP contribution is -2.30. The second-order valence-electron chi connectivity index (χ2n) is 3.15. The number of nitrogens with one attached hydrogen (secondary N) is 2. The van der Waals surface area contributed by atoms with E-state index in [1.165, 1.54) is 0 Å². The minimum absolute atomic E-state index is 0.0794. The Bertz CT molecular complexity index is 438. The van der Waals surface area contributed by atoms with Gasteiger partial charge >= 0.3 is 12.0 Å². The van der Waals surface area contributed by atoms with Gasteiger partial charge in [-0.15, -0.1) is 0 Å². The van der Waals surface area contributed by atoms with Crippen molar-refractivity contribution in [2.75, 3.05) is 11.9 Å². The molecule has 1 aromatic carbocycles. The Balaban J connectivity index is 2.48. The third kappa shape index (κ3) is 4.45.